The van der Waals surface area contributed by atoms with Crippen molar-refractivity contribution < 1.29 is 37.7 Å². The maximum absolute atomic E-state index is 10.1. The van der Waals surface area contributed by atoms with E-state index in [1.807, 2.05) is 0 Å². The van der Waals surface area contributed by atoms with E-state index in [2.05, 4.69) is 63.3 Å². The van der Waals surface area contributed by atoms with Gasteiger partial charge in [-0.1, -0.05) is 6.92 Å². The smallest absolute Gasteiger partial charge is 0.293 e. The maximum Gasteiger partial charge on any atom is 0.293 e. The van der Waals surface area contributed by atoms with Gasteiger partial charge in [-0.05, 0) is 6.42 Å². The van der Waals surface area contributed by atoms with Crippen LogP contribution in [0, 0.1) is 0 Å². The normalized spacial score (nSPS) is 12.9. The number of nitrogens with zero attached hydrogens (tertiary/aromatic N) is 4. The molecule has 0 heterocycles. The third-order valence-corrected chi connectivity index (χ3v) is 5.74. The number of likely N-dealkylation sites (N-methyl/N-ethyl adjacent to an activating group) is 4. The number of rotatable bonds is 16. The Labute approximate surface area is 186 Å². The fourth-order valence-corrected chi connectivity index (χ4v) is 3.02. The molecule has 0 aliphatic carbocycles. The van der Waals surface area contributed by atoms with Gasteiger partial charge in [0.2, 0.25) is 0 Å². The largest absolute Gasteiger partial charge is 0.462 e. The number of quaternary nitrogens is 4. The molecular formula is C22H54N4O4+4. The fraction of sp³-hybridized carbons (Fsp3) is 0.955. The predicted molar refractivity (Wildman–Crippen MR) is 124 cm³/mol. The van der Waals surface area contributed by atoms with Crippen LogP contribution in [0.2, 0.25) is 0 Å². The summed E-state index contributed by atoms with van der Waals surface area (Å²) in [6, 6.07) is 0. The zero-order valence-corrected chi connectivity index (χ0v) is 21.6. The number of hydrogen-bond donors (Lipinski definition) is 2. The lowest BCUT2D eigenvalue weighted by Gasteiger charge is -2.35. The first-order valence-electron chi connectivity index (χ1n) is 11.2. The lowest BCUT2D eigenvalue weighted by Crippen LogP contribution is -2.52. The van der Waals surface area contributed by atoms with E-state index in [-0.39, 0.29) is 13.2 Å². The fourth-order valence-electron chi connectivity index (χ4n) is 3.02. The van der Waals surface area contributed by atoms with Crippen LogP contribution in [0.5, 0.6) is 0 Å². The molecule has 0 aromatic carbocycles. The Morgan fingerprint density at radius 3 is 1.23 bits per heavy atom. The quantitative estimate of drug-likeness (QED) is 0.200. The summed E-state index contributed by atoms with van der Waals surface area (Å²) >= 11 is 0. The van der Waals surface area contributed by atoms with E-state index < -0.39 is 0 Å². The van der Waals surface area contributed by atoms with Crippen molar-refractivity contribution in [2.75, 3.05) is 129 Å². The molecule has 8 nitrogen and oxygen atoms in total. The molecule has 182 valence electrons. The molecule has 0 amide bonds. The topological polar surface area (TPSA) is 66.8 Å². The van der Waals surface area contributed by atoms with Crippen LogP contribution >= 0.6 is 0 Å². The van der Waals surface area contributed by atoms with Gasteiger partial charge in [0.05, 0.1) is 76.1 Å². The third-order valence-electron chi connectivity index (χ3n) is 5.74. The van der Waals surface area contributed by atoms with Gasteiger partial charge in [0.1, 0.15) is 52.4 Å². The van der Waals surface area contributed by atoms with Gasteiger partial charge in [-0.3, -0.25) is 4.79 Å². The lowest BCUT2D eigenvalue weighted by molar-refractivity contribution is -0.946. The van der Waals surface area contributed by atoms with Gasteiger partial charge in [-0.25, -0.2) is 0 Å². The zero-order chi connectivity index (χ0) is 23.9. The number of aliphatic hydroxyl groups is 2. The van der Waals surface area contributed by atoms with E-state index in [0.29, 0.717) is 13.1 Å². The van der Waals surface area contributed by atoms with Gasteiger partial charge in [-0.2, -0.15) is 0 Å². The van der Waals surface area contributed by atoms with Crippen molar-refractivity contribution in [3.05, 3.63) is 0 Å². The highest BCUT2D eigenvalue weighted by Crippen LogP contribution is 2.04. The zero-order valence-electron chi connectivity index (χ0n) is 21.6. The second-order valence-electron chi connectivity index (χ2n) is 10.9. The first-order valence-corrected chi connectivity index (χ1v) is 11.2. The SMILES string of the molecule is CCC[N+](C)(C)CC[N+](C)(C)CCOC=O.C[N+](C)(CCO)CC[N+](C)(C)CCO. The molecule has 0 saturated heterocycles. The first-order chi connectivity index (χ1) is 13.7. The second-order valence-corrected chi connectivity index (χ2v) is 10.9. The minimum atomic E-state index is 0.237. The lowest BCUT2D eigenvalue weighted by atomic mass is 10.3. The molecule has 0 rings (SSSR count). The molecule has 0 saturated carbocycles. The number of hydrogen-bond acceptors (Lipinski definition) is 4. The van der Waals surface area contributed by atoms with Gasteiger partial charge in [0.15, 0.2) is 0 Å². The van der Waals surface area contributed by atoms with E-state index in [4.69, 9.17) is 14.9 Å². The maximum atomic E-state index is 10.1. The minimum Gasteiger partial charge on any atom is -0.462 e. The molecule has 0 aliphatic rings. The van der Waals surface area contributed by atoms with Crippen molar-refractivity contribution in [3.8, 4) is 0 Å². The van der Waals surface area contributed by atoms with Crippen LogP contribution in [0.25, 0.3) is 0 Å². The Balaban J connectivity index is 0. The van der Waals surface area contributed by atoms with E-state index in [9.17, 15) is 4.79 Å². The average Bonchev–Trinajstić information content (AvgIpc) is 2.60. The predicted octanol–water partition coefficient (Wildman–Crippen LogP) is -0.154. The van der Waals surface area contributed by atoms with Crippen LogP contribution in [0.4, 0.5) is 0 Å². The Morgan fingerprint density at radius 1 is 0.600 bits per heavy atom. The van der Waals surface area contributed by atoms with Gasteiger partial charge in [-0.15, -0.1) is 0 Å². The Kier molecular flexibility index (Phi) is 15.8. The second kappa shape index (κ2) is 15.1. The van der Waals surface area contributed by atoms with Gasteiger partial charge in [0.25, 0.3) is 6.47 Å². The number of ether oxygens (including phenoxy) is 1. The molecule has 0 unspecified atom stereocenters. The van der Waals surface area contributed by atoms with Crippen molar-refractivity contribution in [3.63, 3.8) is 0 Å². The summed E-state index contributed by atoms with van der Waals surface area (Å²) in [6.07, 6.45) is 1.22. The molecule has 0 aromatic rings. The van der Waals surface area contributed by atoms with Crippen molar-refractivity contribution in [1.29, 1.82) is 0 Å². The molecule has 0 aromatic heterocycles. The first kappa shape index (κ1) is 31.4. The third kappa shape index (κ3) is 19.2. The van der Waals surface area contributed by atoms with Crippen LogP contribution < -0.4 is 0 Å². The van der Waals surface area contributed by atoms with Crippen LogP contribution in [0.1, 0.15) is 13.3 Å². The highest BCUT2D eigenvalue weighted by Gasteiger charge is 2.22. The Morgan fingerprint density at radius 2 is 0.933 bits per heavy atom. The van der Waals surface area contributed by atoms with Crippen molar-refractivity contribution >= 4 is 6.47 Å². The molecular weight excluding hydrogens is 384 g/mol. The number of carbonyl (C=O) groups is 1. The average molecular weight is 439 g/mol. The molecule has 0 fully saturated rings. The highest BCUT2D eigenvalue weighted by atomic mass is 16.5. The molecule has 0 radical (unpaired) electrons. The molecule has 0 atom stereocenters. The van der Waals surface area contributed by atoms with Crippen LogP contribution in [0.3, 0.4) is 0 Å². The van der Waals surface area contributed by atoms with Gasteiger partial charge in [0, 0.05) is 0 Å². The molecule has 30 heavy (non-hydrogen) atoms. The summed E-state index contributed by atoms with van der Waals surface area (Å²) in [5, 5.41) is 17.7. The van der Waals surface area contributed by atoms with E-state index in [1.165, 1.54) is 13.0 Å². The Bertz CT molecular complexity index is 423. The van der Waals surface area contributed by atoms with Crippen LogP contribution in [0.15, 0.2) is 0 Å². The van der Waals surface area contributed by atoms with Gasteiger partial charge >= 0.3 is 0 Å². The summed E-state index contributed by atoms with van der Waals surface area (Å²) in [7, 11) is 17.4. The Hall–Kier alpha value is -0.770. The molecule has 2 N–H and O–H groups in total. The molecule has 0 aliphatic heterocycles. The van der Waals surface area contributed by atoms with Crippen molar-refractivity contribution in [1.82, 2.24) is 0 Å². The van der Waals surface area contributed by atoms with E-state index in [1.54, 1.807) is 0 Å². The van der Waals surface area contributed by atoms with Crippen LogP contribution in [-0.2, 0) is 9.53 Å². The van der Waals surface area contributed by atoms with Crippen LogP contribution in [-0.4, -0.2) is 163 Å². The summed E-state index contributed by atoms with van der Waals surface area (Å²) in [5.74, 6) is 0. The molecule has 0 spiro atoms. The standard InChI is InChI=1S/C12H28N2O2.C10H26N2O2/c1-6-7-13(2,3)8-9-14(4,5)10-11-16-12-15;1-11(2,7-9-13)5-6-12(3,4)8-10-14/h12H,6-11H2,1-5H3;13-14H,5-10H2,1-4H3/q2*+2. The van der Waals surface area contributed by atoms with Crippen molar-refractivity contribution in [2.45, 2.75) is 13.3 Å². The highest BCUT2D eigenvalue weighted by molar-refractivity contribution is 5.36. The summed E-state index contributed by atoms with van der Waals surface area (Å²) in [5.41, 5.74) is 0. The summed E-state index contributed by atoms with van der Waals surface area (Å²) in [6.45, 7) is 11.7. The molecule has 0 bridgehead atoms. The molecule has 8 heteroatoms. The summed E-state index contributed by atoms with van der Waals surface area (Å²) in [4.78, 5) is 10.1. The number of carbonyl (C=O) groups excluding carboxylic acids is 1. The monoisotopic (exact) mass is 438 g/mol. The summed E-state index contributed by atoms with van der Waals surface area (Å²) < 4.78 is 8.39. The minimum absolute atomic E-state index is 0.237. The van der Waals surface area contributed by atoms with Gasteiger partial charge < -0.3 is 32.9 Å². The van der Waals surface area contributed by atoms with E-state index >= 15 is 0 Å². The van der Waals surface area contributed by atoms with E-state index in [0.717, 1.165) is 63.7 Å². The number of aliphatic hydroxyl groups excluding tert-OH is 2. The van der Waals surface area contributed by atoms with Crippen molar-refractivity contribution in [2.24, 2.45) is 0 Å².